The summed E-state index contributed by atoms with van der Waals surface area (Å²) >= 11 is 1.87. The van der Waals surface area contributed by atoms with E-state index in [0.717, 1.165) is 6.54 Å². The monoisotopic (exact) mass is 379 g/mol. The van der Waals surface area contributed by atoms with Crippen molar-refractivity contribution >= 4 is 28.7 Å². The summed E-state index contributed by atoms with van der Waals surface area (Å²) in [7, 11) is 6.63. The largest absolute Gasteiger partial charge is 0.340 e. The highest BCUT2D eigenvalue weighted by Gasteiger charge is 2.25. The summed E-state index contributed by atoms with van der Waals surface area (Å²) < 4.78 is 0. The van der Waals surface area contributed by atoms with Gasteiger partial charge in [-0.3, -0.25) is 4.90 Å². The molecule has 1 atom stereocenters. The molecule has 0 saturated carbocycles. The van der Waals surface area contributed by atoms with Gasteiger partial charge in [-0.15, -0.1) is 0 Å². The topological polar surface area (TPSA) is 12.1 Å². The smallest absolute Gasteiger partial charge is 0.139 e. The van der Waals surface area contributed by atoms with E-state index in [0.29, 0.717) is 0 Å². The number of hydrogen-bond acceptors (Lipinski definition) is 2. The summed E-state index contributed by atoms with van der Waals surface area (Å²) in [6.07, 6.45) is 6.04. The van der Waals surface area contributed by atoms with Crippen molar-refractivity contribution in [2.45, 2.75) is 11.3 Å². The predicted molar refractivity (Wildman–Crippen MR) is 116 cm³/mol. The highest BCUT2D eigenvalue weighted by atomic mass is 32.2. The minimum atomic E-state index is 1.07. The van der Waals surface area contributed by atoms with Crippen LogP contribution in [0.5, 0.6) is 0 Å². The van der Waals surface area contributed by atoms with E-state index < -0.39 is 0 Å². The molecule has 2 aliphatic heterocycles. The van der Waals surface area contributed by atoms with E-state index in [9.17, 15) is 0 Å². The van der Waals surface area contributed by atoms with Crippen LogP contribution in [0.25, 0.3) is 5.57 Å². The van der Waals surface area contributed by atoms with Crippen molar-refractivity contribution in [3.8, 4) is 0 Å². The van der Waals surface area contributed by atoms with Crippen LogP contribution in [0.15, 0.2) is 70.6 Å². The van der Waals surface area contributed by atoms with E-state index in [2.05, 4.69) is 86.7 Å². The predicted octanol–water partition coefficient (Wildman–Crippen LogP) is 2.22. The fourth-order valence-corrected chi connectivity index (χ4v) is 5.01. The van der Waals surface area contributed by atoms with E-state index in [4.69, 9.17) is 0 Å². The first-order valence-corrected chi connectivity index (χ1v) is 10.6. The van der Waals surface area contributed by atoms with Crippen LogP contribution in [0, 0.1) is 0 Å². The molecule has 4 heteroatoms. The Balaban J connectivity index is 1.58. The van der Waals surface area contributed by atoms with Gasteiger partial charge in [0.1, 0.15) is 12.2 Å². The molecule has 0 spiro atoms. The normalized spacial score (nSPS) is 20.0. The van der Waals surface area contributed by atoms with Gasteiger partial charge in [0, 0.05) is 23.9 Å². The van der Waals surface area contributed by atoms with Gasteiger partial charge >= 0.3 is 0 Å². The van der Waals surface area contributed by atoms with Crippen molar-refractivity contribution in [3.63, 3.8) is 0 Å². The van der Waals surface area contributed by atoms with Crippen molar-refractivity contribution < 1.29 is 9.80 Å². The number of benzene rings is 2. The van der Waals surface area contributed by atoms with Crippen LogP contribution in [0.3, 0.4) is 0 Å². The van der Waals surface area contributed by atoms with Crippen LogP contribution in [0.4, 0.5) is 11.4 Å². The Morgan fingerprint density at radius 3 is 2.70 bits per heavy atom. The van der Waals surface area contributed by atoms with Crippen LogP contribution in [0.1, 0.15) is 12.0 Å². The number of quaternary nitrogens is 2. The number of nitrogens with one attached hydrogen (secondary N) is 2. The molecule has 0 aliphatic carbocycles. The van der Waals surface area contributed by atoms with Crippen LogP contribution in [-0.2, 0) is 0 Å². The molecule has 2 aliphatic rings. The Morgan fingerprint density at radius 2 is 1.89 bits per heavy atom. The maximum atomic E-state index is 2.42. The fraction of sp³-hybridized carbons (Fsp3) is 0.304. The van der Waals surface area contributed by atoms with Crippen LogP contribution < -0.4 is 14.7 Å². The molecule has 3 nitrogen and oxygen atoms in total. The highest BCUT2D eigenvalue weighted by molar-refractivity contribution is 8.03. The molecule has 2 N–H and O–H groups in total. The molecule has 4 rings (SSSR count). The maximum absolute atomic E-state index is 2.42. The second-order valence-electron chi connectivity index (χ2n) is 7.68. The first-order chi connectivity index (χ1) is 13.1. The molecule has 0 radical (unpaired) electrons. The average Bonchev–Trinajstić information content (AvgIpc) is 2.99. The van der Waals surface area contributed by atoms with Gasteiger partial charge in [0.2, 0.25) is 0 Å². The number of anilines is 1. The highest BCUT2D eigenvalue weighted by Crippen LogP contribution is 2.45. The van der Waals surface area contributed by atoms with Gasteiger partial charge < -0.3 is 9.80 Å². The first-order valence-electron chi connectivity index (χ1n) is 9.79. The quantitative estimate of drug-likeness (QED) is 0.826. The van der Waals surface area contributed by atoms with Crippen molar-refractivity contribution in [1.29, 1.82) is 0 Å². The third-order valence-electron chi connectivity index (χ3n) is 5.39. The molecule has 2 heterocycles. The van der Waals surface area contributed by atoms with Gasteiger partial charge in [-0.25, -0.2) is 0 Å². The zero-order valence-electron chi connectivity index (χ0n) is 16.5. The van der Waals surface area contributed by atoms with Crippen molar-refractivity contribution in [3.05, 3.63) is 71.3 Å². The number of nitrogens with zero attached hydrogens (tertiary/aromatic N) is 1. The number of thioether (sulfide) groups is 1. The lowest BCUT2D eigenvalue weighted by Gasteiger charge is -2.25. The lowest BCUT2D eigenvalue weighted by atomic mass is 9.98. The van der Waals surface area contributed by atoms with Gasteiger partial charge in [0.05, 0.1) is 37.9 Å². The van der Waals surface area contributed by atoms with Crippen molar-refractivity contribution in [1.82, 2.24) is 0 Å². The molecule has 2 aromatic carbocycles. The molecular weight excluding hydrogens is 350 g/mol. The number of rotatable bonds is 5. The number of fused-ring (bicyclic) bond motifs is 2. The zero-order valence-corrected chi connectivity index (χ0v) is 17.3. The number of hydrogen-bond donors (Lipinski definition) is 2. The third kappa shape index (κ3) is 3.84. The Kier molecular flexibility index (Phi) is 5.39. The Labute approximate surface area is 167 Å². The second-order valence-corrected chi connectivity index (χ2v) is 8.75. The molecule has 0 aromatic heterocycles. The zero-order chi connectivity index (χ0) is 18.8. The summed E-state index contributed by atoms with van der Waals surface area (Å²) in [5, 5.41) is 1.30. The van der Waals surface area contributed by atoms with Crippen LogP contribution in [-0.4, -0.2) is 40.8 Å². The fourth-order valence-electron chi connectivity index (χ4n) is 3.90. The lowest BCUT2D eigenvalue weighted by molar-refractivity contribution is -0.869. The lowest BCUT2D eigenvalue weighted by Crippen LogP contribution is -3.10. The van der Waals surface area contributed by atoms with Crippen molar-refractivity contribution in [2.24, 2.45) is 0 Å². The molecule has 0 saturated heterocycles. The molecule has 0 amide bonds. The average molecular weight is 380 g/mol. The van der Waals surface area contributed by atoms with Gasteiger partial charge in [-0.05, 0) is 42.0 Å². The molecule has 0 bridgehead atoms. The van der Waals surface area contributed by atoms with Crippen LogP contribution in [0.2, 0.25) is 0 Å². The summed E-state index contributed by atoms with van der Waals surface area (Å²) in [5.41, 5.74) is 5.49. The van der Waals surface area contributed by atoms with Crippen molar-refractivity contribution in [2.75, 3.05) is 45.7 Å². The standard InChI is InChI=1S/C23H27N3S/c1-24(2)14-8-15-26-16-13-18(19-9-4-5-10-20(19)26)17-23-25(3)21-11-6-7-12-22(21)27-23/h4-7,9-13,17H,8,14-16H2,1-3H3/p+2/b23-17-. The molecule has 2 aromatic rings. The molecular formula is C23H29N3S+2. The maximum Gasteiger partial charge on any atom is 0.139 e. The van der Waals surface area contributed by atoms with E-state index in [1.165, 1.54) is 56.8 Å². The Morgan fingerprint density at radius 1 is 1.11 bits per heavy atom. The van der Waals surface area contributed by atoms with E-state index in [1.54, 1.807) is 4.90 Å². The summed E-state index contributed by atoms with van der Waals surface area (Å²) in [5.74, 6) is 0. The summed E-state index contributed by atoms with van der Waals surface area (Å²) in [6, 6.07) is 17.6. The van der Waals surface area contributed by atoms with Gasteiger partial charge in [-0.2, -0.15) is 0 Å². The SMILES string of the molecule is CN1/C(=C/C2=CC[NH+](CCC[NH+](C)C)c3ccccc32)Sc2ccccc21. The number of para-hydroxylation sites is 2. The molecule has 27 heavy (non-hydrogen) atoms. The van der Waals surface area contributed by atoms with Gasteiger partial charge in [0.15, 0.2) is 0 Å². The van der Waals surface area contributed by atoms with E-state index in [-0.39, 0.29) is 0 Å². The van der Waals surface area contributed by atoms with E-state index in [1.807, 2.05) is 11.8 Å². The minimum absolute atomic E-state index is 1.07. The Hall–Kier alpha value is -2.01. The first kappa shape index (κ1) is 18.4. The van der Waals surface area contributed by atoms with E-state index >= 15 is 0 Å². The number of allylic oxidation sites excluding steroid dienone is 2. The molecule has 1 unspecified atom stereocenters. The summed E-state index contributed by atoms with van der Waals surface area (Å²) in [6.45, 7) is 3.49. The third-order valence-corrected chi connectivity index (χ3v) is 6.56. The molecule has 0 fully saturated rings. The second kappa shape index (κ2) is 7.93. The van der Waals surface area contributed by atoms with Gasteiger partial charge in [-0.1, -0.05) is 36.0 Å². The molecule has 140 valence electrons. The summed E-state index contributed by atoms with van der Waals surface area (Å²) in [4.78, 5) is 6.77. The van der Waals surface area contributed by atoms with Gasteiger partial charge in [0.25, 0.3) is 0 Å². The Bertz CT molecular complexity index is 885. The van der Waals surface area contributed by atoms with Crippen LogP contribution >= 0.6 is 11.8 Å². The minimum Gasteiger partial charge on any atom is -0.340 e.